The molecule has 0 heterocycles. The van der Waals surface area contributed by atoms with Crippen LogP contribution in [0.15, 0.2) is 24.3 Å². The van der Waals surface area contributed by atoms with Gasteiger partial charge in [-0.3, -0.25) is 0 Å². The summed E-state index contributed by atoms with van der Waals surface area (Å²) in [5, 5.41) is 0. The van der Waals surface area contributed by atoms with Crippen molar-refractivity contribution in [2.24, 2.45) is 5.41 Å². The quantitative estimate of drug-likeness (QED) is 0.321. The first-order chi connectivity index (χ1) is 13.1. The van der Waals surface area contributed by atoms with E-state index in [0.717, 1.165) is 6.42 Å². The number of hydrogen-bond donors (Lipinski definition) is 0. The van der Waals surface area contributed by atoms with Gasteiger partial charge in [0.05, 0.1) is 12.2 Å². The second-order valence-corrected chi connectivity index (χ2v) is 9.16. The van der Waals surface area contributed by atoms with Gasteiger partial charge >= 0.3 is 5.97 Å². The summed E-state index contributed by atoms with van der Waals surface area (Å²) in [5.74, 6) is -0.185. The van der Waals surface area contributed by atoms with Crippen LogP contribution < -0.4 is 0 Å². The Hall–Kier alpha value is -1.31. The van der Waals surface area contributed by atoms with Gasteiger partial charge in [-0.05, 0) is 79.9 Å². The number of carbonyl (C=O) groups excluding carboxylic acids is 1. The van der Waals surface area contributed by atoms with Gasteiger partial charge in [0.2, 0.25) is 0 Å². The maximum Gasteiger partial charge on any atom is 0.338 e. The van der Waals surface area contributed by atoms with Crippen LogP contribution in [-0.2, 0) is 10.2 Å². The van der Waals surface area contributed by atoms with E-state index in [4.69, 9.17) is 4.74 Å². The van der Waals surface area contributed by atoms with E-state index in [2.05, 4.69) is 19.1 Å². The lowest BCUT2D eigenvalue weighted by Crippen LogP contribution is -2.44. The molecule has 3 aliphatic carbocycles. The molecule has 27 heavy (non-hydrogen) atoms. The highest BCUT2D eigenvalue weighted by Crippen LogP contribution is 2.59. The molecule has 150 valence electrons. The van der Waals surface area contributed by atoms with Gasteiger partial charge in [-0.2, -0.15) is 0 Å². The zero-order chi connectivity index (χ0) is 19.2. The van der Waals surface area contributed by atoms with Crippen molar-refractivity contribution < 1.29 is 9.53 Å². The summed E-state index contributed by atoms with van der Waals surface area (Å²) >= 11 is 0. The Morgan fingerprint density at radius 2 is 1.48 bits per heavy atom. The summed E-state index contributed by atoms with van der Waals surface area (Å²) in [6.45, 7) is 4.82. The third kappa shape index (κ3) is 4.76. The van der Waals surface area contributed by atoms with Gasteiger partial charge in [-0.1, -0.05) is 58.1 Å². The van der Waals surface area contributed by atoms with E-state index in [0.29, 0.717) is 23.0 Å². The van der Waals surface area contributed by atoms with E-state index >= 15 is 0 Å². The number of ether oxygens (including phenoxy) is 1. The molecule has 3 fully saturated rings. The molecule has 1 aromatic carbocycles. The van der Waals surface area contributed by atoms with Crippen LogP contribution in [0.2, 0.25) is 0 Å². The number of hydrogen-bond acceptors (Lipinski definition) is 2. The maximum absolute atomic E-state index is 12.0. The number of esters is 1. The highest BCUT2D eigenvalue weighted by molar-refractivity contribution is 5.89. The highest BCUT2D eigenvalue weighted by atomic mass is 16.5. The molecule has 0 radical (unpaired) electrons. The number of benzene rings is 1. The minimum absolute atomic E-state index is 0.185. The molecule has 0 saturated heterocycles. The molecular weight excluding hydrogens is 332 g/mol. The lowest BCUT2D eigenvalue weighted by Gasteiger charge is -2.54. The second-order valence-electron chi connectivity index (χ2n) is 9.16. The van der Waals surface area contributed by atoms with Gasteiger partial charge in [0.25, 0.3) is 0 Å². The first-order valence-electron chi connectivity index (χ1n) is 11.4. The van der Waals surface area contributed by atoms with Gasteiger partial charge < -0.3 is 4.74 Å². The number of rotatable bonds is 10. The van der Waals surface area contributed by atoms with Crippen LogP contribution in [0.4, 0.5) is 0 Å². The van der Waals surface area contributed by atoms with Gasteiger partial charge in [-0.15, -0.1) is 0 Å². The van der Waals surface area contributed by atoms with Gasteiger partial charge in [-0.25, -0.2) is 4.79 Å². The zero-order valence-corrected chi connectivity index (χ0v) is 17.5. The van der Waals surface area contributed by atoms with E-state index < -0.39 is 0 Å². The van der Waals surface area contributed by atoms with Crippen LogP contribution in [0, 0.1) is 5.41 Å². The van der Waals surface area contributed by atoms with E-state index in [9.17, 15) is 4.79 Å². The molecule has 2 heteroatoms. The van der Waals surface area contributed by atoms with Crippen LogP contribution in [0.3, 0.4) is 0 Å². The molecule has 0 aromatic heterocycles. The largest absolute Gasteiger partial charge is 0.462 e. The van der Waals surface area contributed by atoms with Crippen molar-refractivity contribution in [3.05, 3.63) is 35.4 Å². The van der Waals surface area contributed by atoms with Crippen LogP contribution in [-0.4, -0.2) is 12.6 Å². The fourth-order valence-corrected chi connectivity index (χ4v) is 5.41. The number of unbranched alkanes of at least 4 members (excludes halogenated alkanes) is 4. The Morgan fingerprint density at radius 1 is 0.852 bits per heavy atom. The van der Waals surface area contributed by atoms with Crippen molar-refractivity contribution in [3.63, 3.8) is 0 Å². The number of fused-ring (bicyclic) bond motifs is 3. The van der Waals surface area contributed by atoms with Crippen LogP contribution >= 0.6 is 0 Å². The smallest absolute Gasteiger partial charge is 0.338 e. The van der Waals surface area contributed by atoms with Gasteiger partial charge in [0.15, 0.2) is 0 Å². The fourth-order valence-electron chi connectivity index (χ4n) is 5.41. The maximum atomic E-state index is 12.0. The topological polar surface area (TPSA) is 26.3 Å². The summed E-state index contributed by atoms with van der Waals surface area (Å²) < 4.78 is 5.26. The fraction of sp³-hybridized carbons (Fsp3) is 0.720. The molecule has 0 aliphatic heterocycles. The molecule has 3 saturated carbocycles. The first kappa shape index (κ1) is 20.4. The summed E-state index contributed by atoms with van der Waals surface area (Å²) in [7, 11) is 0. The SMILES string of the molecule is CCCCCCCC12CCC(c3ccc(C(=O)OCCC)cc3)(CC1)CC2. The average Bonchev–Trinajstić information content (AvgIpc) is 2.73. The molecule has 0 unspecified atom stereocenters. The van der Waals surface area contributed by atoms with E-state index in [1.165, 1.54) is 82.6 Å². The summed E-state index contributed by atoms with van der Waals surface area (Å²) in [4.78, 5) is 12.0. The monoisotopic (exact) mass is 370 g/mol. The molecular formula is C25H38O2. The highest BCUT2D eigenvalue weighted by Gasteiger charge is 2.48. The van der Waals surface area contributed by atoms with Gasteiger partial charge in [0, 0.05) is 0 Å². The minimum atomic E-state index is -0.185. The normalized spacial score (nSPS) is 26.9. The Morgan fingerprint density at radius 3 is 2.07 bits per heavy atom. The molecule has 3 aliphatic rings. The third-order valence-corrected chi connectivity index (χ3v) is 7.38. The molecule has 0 atom stereocenters. The molecule has 0 spiro atoms. The summed E-state index contributed by atoms with van der Waals surface area (Å²) in [6.07, 6.45) is 17.6. The predicted octanol–water partition coefficient (Wildman–Crippen LogP) is 7.21. The Kier molecular flexibility index (Phi) is 7.00. The van der Waals surface area contributed by atoms with Gasteiger partial charge in [0.1, 0.15) is 0 Å². The van der Waals surface area contributed by atoms with Crippen LogP contribution in [0.25, 0.3) is 0 Å². The number of carbonyl (C=O) groups is 1. The third-order valence-electron chi connectivity index (χ3n) is 7.38. The van der Waals surface area contributed by atoms with E-state index in [1.54, 1.807) is 0 Å². The molecule has 2 bridgehead atoms. The standard InChI is InChI=1S/C25H38O2/c1-3-5-6-7-8-13-24-14-17-25(18-15-24,19-16-24)22-11-9-21(10-12-22)23(26)27-20-4-2/h9-12H,3-8,13-20H2,1-2H3. The molecule has 4 rings (SSSR count). The first-order valence-corrected chi connectivity index (χ1v) is 11.4. The predicted molar refractivity (Wildman–Crippen MR) is 112 cm³/mol. The zero-order valence-electron chi connectivity index (χ0n) is 17.5. The molecule has 1 aromatic rings. The Bertz CT molecular complexity index is 577. The summed E-state index contributed by atoms with van der Waals surface area (Å²) in [6, 6.07) is 8.36. The van der Waals surface area contributed by atoms with E-state index in [-0.39, 0.29) is 5.97 Å². The van der Waals surface area contributed by atoms with Crippen molar-refractivity contribution in [1.82, 2.24) is 0 Å². The Labute approximate surface area is 166 Å². The average molecular weight is 371 g/mol. The lowest BCUT2D eigenvalue weighted by atomic mass is 9.51. The van der Waals surface area contributed by atoms with Crippen molar-refractivity contribution >= 4 is 5.97 Å². The molecule has 0 N–H and O–H groups in total. The van der Waals surface area contributed by atoms with Crippen molar-refractivity contribution in [1.29, 1.82) is 0 Å². The van der Waals surface area contributed by atoms with Crippen LogP contribution in [0.5, 0.6) is 0 Å². The summed E-state index contributed by atoms with van der Waals surface area (Å²) in [5.41, 5.74) is 3.16. The Balaban J connectivity index is 1.55. The van der Waals surface area contributed by atoms with Crippen molar-refractivity contribution in [3.8, 4) is 0 Å². The second kappa shape index (κ2) is 9.26. The lowest BCUT2D eigenvalue weighted by molar-refractivity contribution is 0.0304. The minimum Gasteiger partial charge on any atom is -0.462 e. The van der Waals surface area contributed by atoms with Crippen molar-refractivity contribution in [2.75, 3.05) is 6.61 Å². The van der Waals surface area contributed by atoms with E-state index in [1.807, 2.05) is 19.1 Å². The van der Waals surface area contributed by atoms with Crippen LogP contribution in [0.1, 0.15) is 113 Å². The van der Waals surface area contributed by atoms with Crippen molar-refractivity contribution in [2.45, 2.75) is 103 Å². The molecule has 0 amide bonds. The molecule has 2 nitrogen and oxygen atoms in total.